The van der Waals surface area contributed by atoms with Gasteiger partial charge in [0.25, 0.3) is 0 Å². The summed E-state index contributed by atoms with van der Waals surface area (Å²) in [5, 5.41) is 10.1. The van der Waals surface area contributed by atoms with Gasteiger partial charge in [0.1, 0.15) is 11.9 Å². The van der Waals surface area contributed by atoms with Crippen molar-refractivity contribution in [2.45, 2.75) is 13.0 Å². The van der Waals surface area contributed by atoms with Crippen LogP contribution in [-0.4, -0.2) is 16.7 Å². The number of hydrogen-bond acceptors (Lipinski definition) is 4. The molecule has 1 unspecified atom stereocenters. The molecule has 1 N–H and O–H groups in total. The Morgan fingerprint density at radius 3 is 3.00 bits per heavy atom. The van der Waals surface area contributed by atoms with E-state index in [1.807, 2.05) is 6.92 Å². The molecular formula is C12H12BrNO3. The fourth-order valence-electron chi connectivity index (χ4n) is 1.48. The van der Waals surface area contributed by atoms with Gasteiger partial charge in [-0.2, -0.15) is 0 Å². The number of hydrogen-bond donors (Lipinski definition) is 1. The van der Waals surface area contributed by atoms with Crippen LogP contribution < -0.4 is 4.74 Å². The fourth-order valence-corrected chi connectivity index (χ4v) is 1.90. The Morgan fingerprint density at radius 1 is 1.53 bits per heavy atom. The minimum Gasteiger partial charge on any atom is -0.492 e. The van der Waals surface area contributed by atoms with E-state index in [9.17, 15) is 5.11 Å². The first-order valence-corrected chi connectivity index (χ1v) is 6.00. The van der Waals surface area contributed by atoms with E-state index in [0.717, 1.165) is 4.47 Å². The van der Waals surface area contributed by atoms with Crippen molar-refractivity contribution in [3.8, 4) is 5.75 Å². The number of ether oxygens (including phenoxy) is 1. The molecule has 0 aliphatic carbocycles. The first kappa shape index (κ1) is 12.1. The maximum atomic E-state index is 10.1. The lowest BCUT2D eigenvalue weighted by Crippen LogP contribution is -2.01. The molecule has 2 heterocycles. The lowest BCUT2D eigenvalue weighted by atomic mass is 10.1. The van der Waals surface area contributed by atoms with Crippen LogP contribution in [0.4, 0.5) is 0 Å². The van der Waals surface area contributed by atoms with Gasteiger partial charge in [-0.25, -0.2) is 0 Å². The van der Waals surface area contributed by atoms with Gasteiger partial charge in [-0.3, -0.25) is 4.98 Å². The van der Waals surface area contributed by atoms with E-state index in [1.165, 1.54) is 6.26 Å². The predicted octanol–water partition coefficient (Wildman–Crippen LogP) is 2.92. The van der Waals surface area contributed by atoms with Crippen LogP contribution in [0.1, 0.15) is 24.4 Å². The van der Waals surface area contributed by atoms with Crippen LogP contribution in [0.2, 0.25) is 0 Å². The third-order valence-electron chi connectivity index (χ3n) is 2.25. The summed E-state index contributed by atoms with van der Waals surface area (Å²) in [5.74, 6) is 1.09. The van der Waals surface area contributed by atoms with E-state index in [-0.39, 0.29) is 0 Å². The smallest absolute Gasteiger partial charge is 0.151 e. The highest BCUT2D eigenvalue weighted by atomic mass is 79.9. The van der Waals surface area contributed by atoms with Crippen LogP contribution in [0.5, 0.6) is 5.75 Å². The van der Waals surface area contributed by atoms with Gasteiger partial charge in [0.15, 0.2) is 5.76 Å². The Kier molecular flexibility index (Phi) is 3.81. The standard InChI is InChI=1S/C12H12BrNO3/c1-2-16-9-5-8(6-14-7-9)11(15)12-10(13)3-4-17-12/h3-7,11,15H,2H2,1H3. The first-order chi connectivity index (χ1) is 8.22. The Bertz CT molecular complexity index is 498. The van der Waals surface area contributed by atoms with E-state index in [1.54, 1.807) is 24.5 Å². The number of aliphatic hydroxyl groups is 1. The number of halogens is 1. The number of furan rings is 1. The zero-order chi connectivity index (χ0) is 12.3. The van der Waals surface area contributed by atoms with Crippen molar-refractivity contribution in [3.05, 3.63) is 46.6 Å². The molecule has 2 aromatic heterocycles. The maximum Gasteiger partial charge on any atom is 0.151 e. The predicted molar refractivity (Wildman–Crippen MR) is 65.9 cm³/mol. The van der Waals surface area contributed by atoms with Crippen molar-refractivity contribution in [2.24, 2.45) is 0 Å². The lowest BCUT2D eigenvalue weighted by molar-refractivity contribution is 0.187. The van der Waals surface area contributed by atoms with Gasteiger partial charge in [-0.1, -0.05) is 0 Å². The summed E-state index contributed by atoms with van der Waals surface area (Å²) in [6.07, 6.45) is 3.86. The van der Waals surface area contributed by atoms with Gasteiger partial charge < -0.3 is 14.3 Å². The minimum absolute atomic E-state index is 0.459. The normalized spacial score (nSPS) is 12.4. The van der Waals surface area contributed by atoms with Crippen LogP contribution in [0.3, 0.4) is 0 Å². The maximum absolute atomic E-state index is 10.1. The van der Waals surface area contributed by atoms with E-state index < -0.39 is 6.10 Å². The quantitative estimate of drug-likeness (QED) is 0.943. The van der Waals surface area contributed by atoms with Gasteiger partial charge in [0.05, 0.1) is 23.5 Å². The summed E-state index contributed by atoms with van der Waals surface area (Å²) in [7, 11) is 0. The molecule has 2 aromatic rings. The Morgan fingerprint density at radius 2 is 2.35 bits per heavy atom. The third kappa shape index (κ3) is 2.68. The number of aromatic nitrogens is 1. The second-order valence-corrected chi connectivity index (χ2v) is 4.28. The fraction of sp³-hybridized carbons (Fsp3) is 0.250. The molecule has 1 atom stereocenters. The summed E-state index contributed by atoms with van der Waals surface area (Å²) in [6, 6.07) is 3.48. The zero-order valence-electron chi connectivity index (χ0n) is 9.26. The van der Waals surface area contributed by atoms with Gasteiger partial charge in [-0.15, -0.1) is 0 Å². The molecule has 90 valence electrons. The van der Waals surface area contributed by atoms with Crippen LogP contribution in [0.15, 0.2) is 39.7 Å². The second kappa shape index (κ2) is 5.33. The minimum atomic E-state index is -0.854. The van der Waals surface area contributed by atoms with E-state index in [2.05, 4.69) is 20.9 Å². The topological polar surface area (TPSA) is 55.5 Å². The highest BCUT2D eigenvalue weighted by Gasteiger charge is 2.17. The Labute approximate surface area is 107 Å². The van der Waals surface area contributed by atoms with E-state index in [4.69, 9.17) is 9.15 Å². The summed E-state index contributed by atoms with van der Waals surface area (Å²) in [5.41, 5.74) is 0.631. The molecule has 0 fully saturated rings. The summed E-state index contributed by atoms with van der Waals surface area (Å²) < 4.78 is 11.3. The van der Waals surface area contributed by atoms with Gasteiger partial charge >= 0.3 is 0 Å². The van der Waals surface area contributed by atoms with Crippen molar-refractivity contribution in [1.82, 2.24) is 4.98 Å². The van der Waals surface area contributed by atoms with Crippen molar-refractivity contribution in [2.75, 3.05) is 6.61 Å². The van der Waals surface area contributed by atoms with E-state index >= 15 is 0 Å². The summed E-state index contributed by atoms with van der Waals surface area (Å²) in [6.45, 7) is 2.46. The van der Waals surface area contributed by atoms with Gasteiger partial charge in [-0.05, 0) is 35.0 Å². The van der Waals surface area contributed by atoms with Crippen molar-refractivity contribution < 1.29 is 14.3 Å². The van der Waals surface area contributed by atoms with Gasteiger partial charge in [0, 0.05) is 11.8 Å². The monoisotopic (exact) mass is 297 g/mol. The largest absolute Gasteiger partial charge is 0.492 e. The van der Waals surface area contributed by atoms with Crippen LogP contribution >= 0.6 is 15.9 Å². The van der Waals surface area contributed by atoms with Crippen LogP contribution in [0.25, 0.3) is 0 Å². The highest BCUT2D eigenvalue weighted by molar-refractivity contribution is 9.10. The zero-order valence-corrected chi connectivity index (χ0v) is 10.8. The van der Waals surface area contributed by atoms with Crippen LogP contribution in [-0.2, 0) is 0 Å². The van der Waals surface area contributed by atoms with Crippen LogP contribution in [0, 0.1) is 0 Å². The van der Waals surface area contributed by atoms with Crippen molar-refractivity contribution in [3.63, 3.8) is 0 Å². The second-order valence-electron chi connectivity index (χ2n) is 3.42. The molecule has 0 bridgehead atoms. The average molecular weight is 298 g/mol. The molecule has 5 heteroatoms. The summed E-state index contributed by atoms with van der Waals surface area (Å²) >= 11 is 3.31. The first-order valence-electron chi connectivity index (χ1n) is 5.21. The van der Waals surface area contributed by atoms with Crippen molar-refractivity contribution >= 4 is 15.9 Å². The molecule has 4 nitrogen and oxygen atoms in total. The molecule has 0 aromatic carbocycles. The number of aliphatic hydroxyl groups excluding tert-OH is 1. The summed E-state index contributed by atoms with van der Waals surface area (Å²) in [4.78, 5) is 4.02. The highest BCUT2D eigenvalue weighted by Crippen LogP contribution is 2.30. The number of pyridine rings is 1. The molecule has 0 radical (unpaired) electrons. The molecular weight excluding hydrogens is 286 g/mol. The third-order valence-corrected chi connectivity index (χ3v) is 2.91. The van der Waals surface area contributed by atoms with Gasteiger partial charge in [0.2, 0.25) is 0 Å². The Balaban J connectivity index is 2.28. The molecule has 0 aliphatic heterocycles. The average Bonchev–Trinajstić information content (AvgIpc) is 2.75. The molecule has 0 saturated carbocycles. The Hall–Kier alpha value is -1.33. The lowest BCUT2D eigenvalue weighted by Gasteiger charge is -2.10. The SMILES string of the molecule is CCOc1cncc(C(O)c2occc2Br)c1. The molecule has 0 amide bonds. The number of nitrogens with zero attached hydrogens (tertiary/aromatic N) is 1. The van der Waals surface area contributed by atoms with E-state index in [0.29, 0.717) is 23.7 Å². The van der Waals surface area contributed by atoms with Crippen molar-refractivity contribution in [1.29, 1.82) is 0 Å². The molecule has 0 spiro atoms. The molecule has 0 saturated heterocycles. The molecule has 0 aliphatic rings. The molecule has 17 heavy (non-hydrogen) atoms. The number of rotatable bonds is 4. The molecule has 2 rings (SSSR count).